The van der Waals surface area contributed by atoms with Crippen molar-refractivity contribution in [2.75, 3.05) is 0 Å². The maximum absolute atomic E-state index is 13.1. The van der Waals surface area contributed by atoms with Crippen molar-refractivity contribution < 1.29 is 4.39 Å². The number of unbranched alkanes of at least 4 members (excludes halogenated alkanes) is 4. The summed E-state index contributed by atoms with van der Waals surface area (Å²) in [6.07, 6.45) is 7.64. The first-order chi connectivity index (χ1) is 9.79. The minimum atomic E-state index is -0.428. The van der Waals surface area contributed by atoms with Crippen LogP contribution in [0, 0.1) is 5.95 Å². The molecule has 0 radical (unpaired) electrons. The Labute approximate surface area is 120 Å². The zero-order valence-corrected chi connectivity index (χ0v) is 12.1. The monoisotopic (exact) mass is 271 g/mol. The molecule has 106 valence electrons. The van der Waals surface area contributed by atoms with E-state index in [2.05, 4.69) is 24.0 Å². The molecule has 2 heteroatoms. The molecule has 0 bridgehead atoms. The summed E-state index contributed by atoms with van der Waals surface area (Å²) < 4.78 is 13.1. The van der Waals surface area contributed by atoms with E-state index in [0.29, 0.717) is 5.69 Å². The van der Waals surface area contributed by atoms with Gasteiger partial charge in [-0.1, -0.05) is 62.9 Å². The van der Waals surface area contributed by atoms with E-state index in [1.807, 2.05) is 18.2 Å². The third-order valence-electron chi connectivity index (χ3n) is 3.53. The number of benzene rings is 1. The second-order valence-electron chi connectivity index (χ2n) is 5.21. The van der Waals surface area contributed by atoms with Crippen LogP contribution in [0.2, 0.25) is 0 Å². The standard InChI is InChI=1S/C18H22FN/c1-2-3-4-5-6-8-15-11-13-16(14-12-15)17-9-7-10-18(19)20-17/h7,9-14H,2-6,8H2,1H3. The summed E-state index contributed by atoms with van der Waals surface area (Å²) in [5, 5.41) is 0. The van der Waals surface area contributed by atoms with Gasteiger partial charge in [0.05, 0.1) is 5.69 Å². The largest absolute Gasteiger partial charge is 0.220 e. The Morgan fingerprint density at radius 2 is 1.65 bits per heavy atom. The van der Waals surface area contributed by atoms with E-state index in [0.717, 1.165) is 12.0 Å². The number of aryl methyl sites for hydroxylation is 1. The number of hydrogen-bond acceptors (Lipinski definition) is 1. The molecule has 2 rings (SSSR count). The lowest BCUT2D eigenvalue weighted by Crippen LogP contribution is -1.89. The van der Waals surface area contributed by atoms with Crippen molar-refractivity contribution in [2.45, 2.75) is 45.4 Å². The molecule has 1 aromatic heterocycles. The summed E-state index contributed by atoms with van der Waals surface area (Å²) in [4.78, 5) is 3.90. The molecule has 2 aromatic rings. The molecule has 0 amide bonds. The summed E-state index contributed by atoms with van der Waals surface area (Å²) in [6, 6.07) is 13.2. The fourth-order valence-corrected chi connectivity index (χ4v) is 2.34. The summed E-state index contributed by atoms with van der Waals surface area (Å²) in [5.74, 6) is -0.428. The average molecular weight is 271 g/mol. The van der Waals surface area contributed by atoms with E-state index in [9.17, 15) is 4.39 Å². The third-order valence-corrected chi connectivity index (χ3v) is 3.53. The van der Waals surface area contributed by atoms with Gasteiger partial charge in [0.2, 0.25) is 5.95 Å². The van der Waals surface area contributed by atoms with Crippen LogP contribution in [0.5, 0.6) is 0 Å². The molecule has 0 saturated carbocycles. The zero-order valence-electron chi connectivity index (χ0n) is 12.1. The fraction of sp³-hybridized carbons (Fsp3) is 0.389. The summed E-state index contributed by atoms with van der Waals surface area (Å²) in [5.41, 5.74) is 3.01. The minimum absolute atomic E-state index is 0.428. The lowest BCUT2D eigenvalue weighted by Gasteiger charge is -2.04. The number of rotatable bonds is 7. The Kier molecular flexibility index (Phi) is 5.72. The van der Waals surface area contributed by atoms with Gasteiger partial charge in [-0.05, 0) is 30.5 Å². The predicted octanol–water partition coefficient (Wildman–Crippen LogP) is 5.40. The van der Waals surface area contributed by atoms with Crippen LogP contribution in [0.3, 0.4) is 0 Å². The minimum Gasteiger partial charge on any atom is -0.220 e. The van der Waals surface area contributed by atoms with Gasteiger partial charge in [0, 0.05) is 5.56 Å². The first-order valence-electron chi connectivity index (χ1n) is 7.51. The smallest absolute Gasteiger partial charge is 0.213 e. The van der Waals surface area contributed by atoms with Gasteiger partial charge in [-0.2, -0.15) is 4.39 Å². The lowest BCUT2D eigenvalue weighted by molar-refractivity contribution is 0.585. The molecule has 0 aliphatic heterocycles. The SMILES string of the molecule is CCCCCCCc1ccc(-c2cccc(F)n2)cc1. The summed E-state index contributed by atoms with van der Waals surface area (Å²) in [6.45, 7) is 2.24. The van der Waals surface area contributed by atoms with Gasteiger partial charge in [-0.3, -0.25) is 0 Å². The van der Waals surface area contributed by atoms with Gasteiger partial charge in [-0.25, -0.2) is 4.98 Å². The highest BCUT2D eigenvalue weighted by Crippen LogP contribution is 2.18. The number of hydrogen-bond donors (Lipinski definition) is 0. The van der Waals surface area contributed by atoms with Crippen molar-refractivity contribution in [2.24, 2.45) is 0 Å². The van der Waals surface area contributed by atoms with Gasteiger partial charge >= 0.3 is 0 Å². The molecule has 0 N–H and O–H groups in total. The van der Waals surface area contributed by atoms with Crippen molar-refractivity contribution in [1.29, 1.82) is 0 Å². The average Bonchev–Trinajstić information content (AvgIpc) is 2.48. The second kappa shape index (κ2) is 7.78. The van der Waals surface area contributed by atoms with Crippen LogP contribution in [0.25, 0.3) is 11.3 Å². The first kappa shape index (κ1) is 14.7. The molecule has 1 heterocycles. The highest BCUT2D eigenvalue weighted by Gasteiger charge is 2.01. The molecule has 0 aliphatic carbocycles. The molecule has 1 aromatic carbocycles. The second-order valence-corrected chi connectivity index (χ2v) is 5.21. The third kappa shape index (κ3) is 4.44. The summed E-state index contributed by atoms with van der Waals surface area (Å²) in [7, 11) is 0. The van der Waals surface area contributed by atoms with Crippen molar-refractivity contribution in [1.82, 2.24) is 4.98 Å². The Balaban J connectivity index is 1.90. The topological polar surface area (TPSA) is 12.9 Å². The van der Waals surface area contributed by atoms with Crippen LogP contribution in [0.15, 0.2) is 42.5 Å². The molecule has 1 nitrogen and oxygen atoms in total. The van der Waals surface area contributed by atoms with Crippen LogP contribution in [0.1, 0.15) is 44.6 Å². The maximum Gasteiger partial charge on any atom is 0.213 e. The molecule has 0 spiro atoms. The molecular weight excluding hydrogens is 249 g/mol. The molecule has 0 fully saturated rings. The van der Waals surface area contributed by atoms with E-state index in [-0.39, 0.29) is 0 Å². The van der Waals surface area contributed by atoms with E-state index in [4.69, 9.17) is 0 Å². The highest BCUT2D eigenvalue weighted by atomic mass is 19.1. The van der Waals surface area contributed by atoms with Crippen molar-refractivity contribution in [3.63, 3.8) is 0 Å². The molecular formula is C18H22FN. The van der Waals surface area contributed by atoms with Crippen molar-refractivity contribution in [3.05, 3.63) is 54.0 Å². The van der Waals surface area contributed by atoms with Crippen LogP contribution in [-0.2, 0) is 6.42 Å². The normalized spacial score (nSPS) is 10.7. The molecule has 0 saturated heterocycles. The fourth-order valence-electron chi connectivity index (χ4n) is 2.34. The Hall–Kier alpha value is -1.70. The van der Waals surface area contributed by atoms with Crippen LogP contribution in [0.4, 0.5) is 4.39 Å². The molecule has 0 aliphatic rings. The van der Waals surface area contributed by atoms with Crippen LogP contribution >= 0.6 is 0 Å². The van der Waals surface area contributed by atoms with Gasteiger partial charge in [-0.15, -0.1) is 0 Å². The van der Waals surface area contributed by atoms with Gasteiger partial charge in [0.15, 0.2) is 0 Å². The molecule has 20 heavy (non-hydrogen) atoms. The van der Waals surface area contributed by atoms with Crippen LogP contribution < -0.4 is 0 Å². The molecule has 0 atom stereocenters. The Morgan fingerprint density at radius 1 is 0.900 bits per heavy atom. The highest BCUT2D eigenvalue weighted by molar-refractivity contribution is 5.59. The van der Waals surface area contributed by atoms with E-state index < -0.39 is 5.95 Å². The number of nitrogens with zero attached hydrogens (tertiary/aromatic N) is 1. The lowest BCUT2D eigenvalue weighted by atomic mass is 10.0. The van der Waals surface area contributed by atoms with Crippen LogP contribution in [-0.4, -0.2) is 4.98 Å². The number of halogens is 1. The number of pyridine rings is 1. The first-order valence-corrected chi connectivity index (χ1v) is 7.51. The van der Waals surface area contributed by atoms with Gasteiger partial charge < -0.3 is 0 Å². The van der Waals surface area contributed by atoms with E-state index in [1.165, 1.54) is 43.7 Å². The summed E-state index contributed by atoms with van der Waals surface area (Å²) >= 11 is 0. The number of aromatic nitrogens is 1. The van der Waals surface area contributed by atoms with Crippen molar-refractivity contribution in [3.8, 4) is 11.3 Å². The van der Waals surface area contributed by atoms with Gasteiger partial charge in [0.25, 0.3) is 0 Å². The maximum atomic E-state index is 13.1. The zero-order chi connectivity index (χ0) is 14.2. The van der Waals surface area contributed by atoms with E-state index >= 15 is 0 Å². The Bertz CT molecular complexity index is 519. The van der Waals surface area contributed by atoms with Gasteiger partial charge in [0.1, 0.15) is 0 Å². The quantitative estimate of drug-likeness (QED) is 0.485. The Morgan fingerprint density at radius 3 is 2.35 bits per heavy atom. The molecule has 0 unspecified atom stereocenters. The predicted molar refractivity (Wildman–Crippen MR) is 82.1 cm³/mol. The van der Waals surface area contributed by atoms with Crippen molar-refractivity contribution >= 4 is 0 Å². The van der Waals surface area contributed by atoms with E-state index in [1.54, 1.807) is 6.07 Å².